The molecule has 1 aromatic heterocycles. The number of nitriles is 1. The summed E-state index contributed by atoms with van der Waals surface area (Å²) in [5, 5.41) is 12.8. The van der Waals surface area contributed by atoms with E-state index >= 15 is 0 Å². The molecule has 36 heavy (non-hydrogen) atoms. The van der Waals surface area contributed by atoms with Crippen LogP contribution in [0.4, 0.5) is 13.2 Å². The first-order valence-electron chi connectivity index (χ1n) is 10.4. The highest BCUT2D eigenvalue weighted by atomic mass is 35.5. The molecule has 0 radical (unpaired) electrons. The fraction of sp³-hybridized carbons (Fsp3) is 0.304. The molecule has 0 saturated carbocycles. The van der Waals surface area contributed by atoms with E-state index in [1.54, 1.807) is 0 Å². The number of methoxy groups -OCH3 is 1. The lowest BCUT2D eigenvalue weighted by Gasteiger charge is -2.18. The topological polar surface area (TPSA) is 99.1 Å². The van der Waals surface area contributed by atoms with E-state index in [1.165, 1.54) is 31.4 Å². The fourth-order valence-corrected chi connectivity index (χ4v) is 4.07. The Kier molecular flexibility index (Phi) is 8.92. The standard InChI is InChI=1S/C23H19Cl2F3N4O4/c1-35-9-10-36-13-31-19(33)12-30-32(22(31)34)21-18(24)6-5-15(20(21)25)11-16-14(7-8-29)3-2-4-17(16)23(26,27)28/h2-6,12H,7,9-11,13H2,1H3. The number of ether oxygens (including phenoxy) is 2. The van der Waals surface area contributed by atoms with Crippen molar-refractivity contribution in [3.63, 3.8) is 0 Å². The van der Waals surface area contributed by atoms with Gasteiger partial charge in [0.15, 0.2) is 0 Å². The molecule has 0 aliphatic heterocycles. The number of rotatable bonds is 9. The van der Waals surface area contributed by atoms with E-state index in [4.69, 9.17) is 37.9 Å². The first-order chi connectivity index (χ1) is 17.1. The van der Waals surface area contributed by atoms with E-state index < -0.39 is 29.7 Å². The predicted octanol–water partition coefficient (Wildman–Crippen LogP) is 4.00. The summed E-state index contributed by atoms with van der Waals surface area (Å²) in [4.78, 5) is 25.2. The molecule has 0 unspecified atom stereocenters. The molecule has 1 heterocycles. The number of benzene rings is 2. The molecular weight excluding hydrogens is 524 g/mol. The van der Waals surface area contributed by atoms with E-state index in [1.807, 2.05) is 6.07 Å². The minimum absolute atomic E-state index is 0.0230. The summed E-state index contributed by atoms with van der Waals surface area (Å²) in [6.07, 6.45) is -4.35. The molecule has 0 N–H and O–H groups in total. The highest BCUT2D eigenvalue weighted by Crippen LogP contribution is 2.37. The molecule has 0 aliphatic carbocycles. The third-order valence-corrected chi connectivity index (χ3v) is 5.91. The molecule has 0 atom stereocenters. The Bertz CT molecular complexity index is 1410. The second kappa shape index (κ2) is 11.7. The average Bonchev–Trinajstić information content (AvgIpc) is 2.82. The number of aromatic nitrogens is 3. The maximum absolute atomic E-state index is 13.7. The third kappa shape index (κ3) is 5.96. The van der Waals surface area contributed by atoms with Crippen LogP contribution in [-0.4, -0.2) is 34.7 Å². The van der Waals surface area contributed by atoms with Gasteiger partial charge in [-0.2, -0.15) is 28.2 Å². The van der Waals surface area contributed by atoms with Crippen LogP contribution in [0.5, 0.6) is 0 Å². The van der Waals surface area contributed by atoms with Crippen molar-refractivity contribution in [2.24, 2.45) is 0 Å². The molecule has 0 spiro atoms. The Morgan fingerprint density at radius 1 is 1.11 bits per heavy atom. The zero-order chi connectivity index (χ0) is 26.5. The number of alkyl halides is 3. The summed E-state index contributed by atoms with van der Waals surface area (Å²) in [6, 6.07) is 8.23. The van der Waals surface area contributed by atoms with Gasteiger partial charge in [-0.25, -0.2) is 9.36 Å². The van der Waals surface area contributed by atoms with Gasteiger partial charge in [0.25, 0.3) is 5.56 Å². The van der Waals surface area contributed by atoms with Crippen LogP contribution in [0.3, 0.4) is 0 Å². The number of halogens is 5. The third-order valence-electron chi connectivity index (χ3n) is 5.19. The molecule has 0 bridgehead atoms. The monoisotopic (exact) mass is 542 g/mol. The van der Waals surface area contributed by atoms with Crippen LogP contribution >= 0.6 is 23.2 Å². The Balaban J connectivity index is 2.11. The first kappa shape index (κ1) is 27.4. The predicted molar refractivity (Wildman–Crippen MR) is 126 cm³/mol. The van der Waals surface area contributed by atoms with Crippen LogP contribution in [0, 0.1) is 11.3 Å². The lowest BCUT2D eigenvalue weighted by molar-refractivity contribution is -0.138. The fourth-order valence-electron chi connectivity index (χ4n) is 3.47. The molecule has 0 aliphatic rings. The van der Waals surface area contributed by atoms with Gasteiger partial charge in [-0.3, -0.25) is 4.79 Å². The Morgan fingerprint density at radius 2 is 1.86 bits per heavy atom. The molecule has 0 amide bonds. The normalized spacial score (nSPS) is 11.5. The zero-order valence-electron chi connectivity index (χ0n) is 18.8. The molecule has 0 fully saturated rings. The number of hydrogen-bond acceptors (Lipinski definition) is 6. The van der Waals surface area contributed by atoms with Crippen molar-refractivity contribution in [1.29, 1.82) is 5.26 Å². The van der Waals surface area contributed by atoms with Crippen LogP contribution in [0.15, 0.2) is 46.1 Å². The summed E-state index contributed by atoms with van der Waals surface area (Å²) < 4.78 is 52.8. The number of hydrogen-bond donors (Lipinski definition) is 0. The smallest absolute Gasteiger partial charge is 0.382 e. The van der Waals surface area contributed by atoms with Crippen molar-refractivity contribution >= 4 is 23.2 Å². The van der Waals surface area contributed by atoms with Crippen LogP contribution in [0.1, 0.15) is 22.3 Å². The van der Waals surface area contributed by atoms with Crippen molar-refractivity contribution in [2.75, 3.05) is 20.3 Å². The molecule has 3 aromatic rings. The molecular formula is C23H19Cl2F3N4O4. The van der Waals surface area contributed by atoms with Crippen molar-refractivity contribution in [2.45, 2.75) is 25.7 Å². The van der Waals surface area contributed by atoms with E-state index in [2.05, 4.69) is 5.10 Å². The summed E-state index contributed by atoms with van der Waals surface area (Å²) in [5.74, 6) is 0. The van der Waals surface area contributed by atoms with Crippen molar-refractivity contribution < 1.29 is 22.6 Å². The zero-order valence-corrected chi connectivity index (χ0v) is 20.3. The molecule has 0 saturated heterocycles. The lowest BCUT2D eigenvalue weighted by Crippen LogP contribution is -2.41. The molecule has 13 heteroatoms. The van der Waals surface area contributed by atoms with E-state index in [9.17, 15) is 22.8 Å². The van der Waals surface area contributed by atoms with Gasteiger partial charge in [-0.05, 0) is 35.2 Å². The SMILES string of the molecule is COCCOCn1c(=O)cnn(-c2c(Cl)ccc(Cc3c(CC#N)cccc3C(F)(F)F)c2Cl)c1=O. The van der Waals surface area contributed by atoms with Crippen molar-refractivity contribution in [1.82, 2.24) is 14.3 Å². The van der Waals surface area contributed by atoms with Crippen LogP contribution < -0.4 is 11.2 Å². The van der Waals surface area contributed by atoms with Gasteiger partial charge in [0, 0.05) is 7.11 Å². The van der Waals surface area contributed by atoms with E-state index in [-0.39, 0.29) is 58.5 Å². The maximum Gasteiger partial charge on any atom is 0.416 e. The molecule has 2 aromatic carbocycles. The van der Waals surface area contributed by atoms with Gasteiger partial charge in [-0.15, -0.1) is 0 Å². The van der Waals surface area contributed by atoms with Gasteiger partial charge in [0.2, 0.25) is 0 Å². The van der Waals surface area contributed by atoms with Crippen molar-refractivity contribution in [3.05, 3.63) is 89.7 Å². The molecule has 190 valence electrons. The quantitative estimate of drug-likeness (QED) is 0.379. The van der Waals surface area contributed by atoms with Gasteiger partial charge in [0.1, 0.15) is 18.6 Å². The summed E-state index contributed by atoms with van der Waals surface area (Å²) >= 11 is 12.8. The Labute approximate surface area is 213 Å². The molecule has 3 rings (SSSR count). The summed E-state index contributed by atoms with van der Waals surface area (Å²) in [5.41, 5.74) is -2.40. The Hall–Kier alpha value is -3.17. The first-order valence-corrected chi connectivity index (χ1v) is 11.1. The number of nitrogens with zero attached hydrogens (tertiary/aromatic N) is 4. The van der Waals surface area contributed by atoms with Crippen LogP contribution in [-0.2, 0) is 35.2 Å². The van der Waals surface area contributed by atoms with Crippen molar-refractivity contribution in [3.8, 4) is 11.8 Å². The van der Waals surface area contributed by atoms with Gasteiger partial charge in [-0.1, -0.05) is 41.4 Å². The summed E-state index contributed by atoms with van der Waals surface area (Å²) in [6.45, 7) is -0.0405. The highest BCUT2D eigenvalue weighted by molar-refractivity contribution is 6.38. The summed E-state index contributed by atoms with van der Waals surface area (Å²) in [7, 11) is 1.46. The van der Waals surface area contributed by atoms with Crippen LogP contribution in [0.25, 0.3) is 5.69 Å². The highest BCUT2D eigenvalue weighted by Gasteiger charge is 2.34. The molecule has 8 nitrogen and oxygen atoms in total. The van der Waals surface area contributed by atoms with Gasteiger partial charge >= 0.3 is 11.9 Å². The largest absolute Gasteiger partial charge is 0.416 e. The maximum atomic E-state index is 13.7. The minimum atomic E-state index is -4.67. The average molecular weight is 543 g/mol. The van der Waals surface area contributed by atoms with E-state index in [0.29, 0.717) is 0 Å². The second-order valence-corrected chi connectivity index (χ2v) is 8.24. The van der Waals surface area contributed by atoms with Gasteiger partial charge < -0.3 is 9.47 Å². The second-order valence-electron chi connectivity index (χ2n) is 7.46. The minimum Gasteiger partial charge on any atom is -0.382 e. The Morgan fingerprint density at radius 3 is 2.53 bits per heavy atom. The lowest BCUT2D eigenvalue weighted by atomic mass is 9.93. The van der Waals surface area contributed by atoms with Gasteiger partial charge in [0.05, 0.1) is 41.3 Å². The van der Waals surface area contributed by atoms with Crippen LogP contribution in [0.2, 0.25) is 10.0 Å². The van der Waals surface area contributed by atoms with E-state index in [0.717, 1.165) is 21.5 Å².